The lowest BCUT2D eigenvalue weighted by molar-refractivity contribution is 0.296. The summed E-state index contributed by atoms with van der Waals surface area (Å²) in [4.78, 5) is 0. The van der Waals surface area contributed by atoms with E-state index in [-0.39, 0.29) is 0 Å². The van der Waals surface area contributed by atoms with Crippen molar-refractivity contribution < 1.29 is 9.47 Å². The van der Waals surface area contributed by atoms with Gasteiger partial charge in [-0.05, 0) is 69.2 Å². The molecule has 0 bridgehead atoms. The van der Waals surface area contributed by atoms with Gasteiger partial charge in [0.25, 0.3) is 0 Å². The SMILES string of the molecule is Cc1nnnn1-c1cccc(NCc2cc(Br)c3c(c2)OCCCO3)c1. The number of tetrazole rings is 1. The van der Waals surface area contributed by atoms with E-state index in [0.29, 0.717) is 19.8 Å². The van der Waals surface area contributed by atoms with Gasteiger partial charge in [0.05, 0.1) is 23.4 Å². The van der Waals surface area contributed by atoms with Gasteiger partial charge in [0.15, 0.2) is 17.3 Å². The minimum absolute atomic E-state index is 0.660. The molecule has 0 saturated carbocycles. The molecular weight excluding hydrogens is 398 g/mol. The third kappa shape index (κ3) is 3.50. The Kier molecular flexibility index (Phi) is 4.75. The molecule has 26 heavy (non-hydrogen) atoms. The van der Waals surface area contributed by atoms with Gasteiger partial charge in [-0.1, -0.05) is 6.07 Å². The van der Waals surface area contributed by atoms with E-state index < -0.39 is 0 Å². The molecule has 0 spiro atoms. The third-order valence-electron chi connectivity index (χ3n) is 4.07. The number of benzene rings is 2. The van der Waals surface area contributed by atoms with Crippen LogP contribution in [0, 0.1) is 6.92 Å². The van der Waals surface area contributed by atoms with Crippen LogP contribution in [0.5, 0.6) is 11.5 Å². The van der Waals surface area contributed by atoms with Crippen LogP contribution in [0.2, 0.25) is 0 Å². The van der Waals surface area contributed by atoms with Gasteiger partial charge in [0.1, 0.15) is 0 Å². The molecule has 0 aliphatic carbocycles. The maximum absolute atomic E-state index is 5.79. The average Bonchev–Trinajstić information content (AvgIpc) is 2.93. The summed E-state index contributed by atoms with van der Waals surface area (Å²) in [5.74, 6) is 2.31. The Balaban J connectivity index is 1.52. The quantitative estimate of drug-likeness (QED) is 0.702. The van der Waals surface area contributed by atoms with Crippen LogP contribution < -0.4 is 14.8 Å². The third-order valence-corrected chi connectivity index (χ3v) is 4.66. The number of fused-ring (bicyclic) bond motifs is 1. The maximum atomic E-state index is 5.79. The van der Waals surface area contributed by atoms with E-state index in [1.807, 2.05) is 37.3 Å². The highest BCUT2D eigenvalue weighted by Gasteiger charge is 2.15. The van der Waals surface area contributed by atoms with Gasteiger partial charge in [-0.25, -0.2) is 0 Å². The molecule has 0 saturated heterocycles. The summed E-state index contributed by atoms with van der Waals surface area (Å²) in [6.07, 6.45) is 0.887. The van der Waals surface area contributed by atoms with Crippen LogP contribution in [0.4, 0.5) is 5.69 Å². The molecule has 7 nitrogen and oxygen atoms in total. The van der Waals surface area contributed by atoms with E-state index in [0.717, 1.165) is 45.2 Å². The second-order valence-electron chi connectivity index (χ2n) is 6.00. The predicted molar refractivity (Wildman–Crippen MR) is 101 cm³/mol. The molecule has 2 aromatic carbocycles. The van der Waals surface area contributed by atoms with Gasteiger partial charge in [-0.3, -0.25) is 0 Å². The van der Waals surface area contributed by atoms with Crippen LogP contribution in [0.3, 0.4) is 0 Å². The summed E-state index contributed by atoms with van der Waals surface area (Å²) in [6.45, 7) is 3.87. The molecular formula is C18H18BrN5O2. The van der Waals surface area contributed by atoms with Crippen LogP contribution in [0.15, 0.2) is 40.9 Å². The van der Waals surface area contributed by atoms with Crippen LogP contribution in [0.25, 0.3) is 5.69 Å². The fraction of sp³-hybridized carbons (Fsp3) is 0.278. The summed E-state index contributed by atoms with van der Waals surface area (Å²) in [7, 11) is 0. The lowest BCUT2D eigenvalue weighted by Crippen LogP contribution is -2.03. The predicted octanol–water partition coefficient (Wildman–Crippen LogP) is 3.51. The van der Waals surface area contributed by atoms with Crippen molar-refractivity contribution in [2.24, 2.45) is 0 Å². The van der Waals surface area contributed by atoms with E-state index in [1.54, 1.807) is 4.68 Å². The number of nitrogens with one attached hydrogen (secondary N) is 1. The molecule has 0 radical (unpaired) electrons. The highest BCUT2D eigenvalue weighted by atomic mass is 79.9. The van der Waals surface area contributed by atoms with Crippen molar-refractivity contribution >= 4 is 21.6 Å². The summed E-state index contributed by atoms with van der Waals surface area (Å²) >= 11 is 3.58. The molecule has 1 N–H and O–H groups in total. The number of aryl methyl sites for hydroxylation is 1. The smallest absolute Gasteiger partial charge is 0.175 e. The summed E-state index contributed by atoms with van der Waals surface area (Å²) in [5.41, 5.74) is 3.00. The zero-order chi connectivity index (χ0) is 17.9. The van der Waals surface area contributed by atoms with E-state index >= 15 is 0 Å². The molecule has 134 valence electrons. The normalized spacial score (nSPS) is 13.3. The molecule has 4 rings (SSSR count). The minimum Gasteiger partial charge on any atom is -0.490 e. The van der Waals surface area contributed by atoms with Gasteiger partial charge in [-0.15, -0.1) is 5.10 Å². The van der Waals surface area contributed by atoms with Gasteiger partial charge in [-0.2, -0.15) is 4.68 Å². The maximum Gasteiger partial charge on any atom is 0.175 e. The Morgan fingerprint density at radius 3 is 2.92 bits per heavy atom. The zero-order valence-corrected chi connectivity index (χ0v) is 15.9. The second kappa shape index (κ2) is 7.33. The van der Waals surface area contributed by atoms with Gasteiger partial charge in [0.2, 0.25) is 0 Å². The number of hydrogen-bond donors (Lipinski definition) is 1. The number of hydrogen-bond acceptors (Lipinski definition) is 6. The van der Waals surface area contributed by atoms with Crippen molar-refractivity contribution in [3.05, 3.63) is 52.3 Å². The van der Waals surface area contributed by atoms with E-state index in [4.69, 9.17) is 9.47 Å². The standard InChI is InChI=1S/C18H18BrN5O2/c1-12-21-22-23-24(12)15-5-2-4-14(10-15)20-11-13-8-16(19)18-17(9-13)25-6-3-7-26-18/h2,4-5,8-10,20H,3,6-7,11H2,1H3. The summed E-state index contributed by atoms with van der Waals surface area (Å²) in [6, 6.07) is 12.0. The molecule has 0 unspecified atom stereocenters. The molecule has 1 aromatic heterocycles. The van der Waals surface area contributed by atoms with Crippen molar-refractivity contribution in [3.63, 3.8) is 0 Å². The second-order valence-corrected chi connectivity index (χ2v) is 6.85. The number of rotatable bonds is 4. The first kappa shape index (κ1) is 16.8. The molecule has 3 aromatic rings. The fourth-order valence-electron chi connectivity index (χ4n) is 2.81. The Labute approximate surface area is 159 Å². The monoisotopic (exact) mass is 415 g/mol. The first-order valence-electron chi connectivity index (χ1n) is 8.38. The molecule has 0 amide bonds. The van der Waals surface area contributed by atoms with Crippen LogP contribution >= 0.6 is 15.9 Å². The summed E-state index contributed by atoms with van der Waals surface area (Å²) in [5, 5.41) is 15.1. The number of nitrogens with zero attached hydrogens (tertiary/aromatic N) is 4. The number of anilines is 1. The zero-order valence-electron chi connectivity index (χ0n) is 14.3. The van der Waals surface area contributed by atoms with Crippen molar-refractivity contribution in [3.8, 4) is 17.2 Å². The van der Waals surface area contributed by atoms with Crippen LogP contribution in [-0.4, -0.2) is 33.4 Å². The van der Waals surface area contributed by atoms with Gasteiger partial charge in [0, 0.05) is 18.7 Å². The number of aromatic nitrogens is 4. The molecule has 0 fully saturated rings. The van der Waals surface area contributed by atoms with E-state index in [9.17, 15) is 0 Å². The molecule has 1 aliphatic heterocycles. The van der Waals surface area contributed by atoms with Crippen molar-refractivity contribution in [1.82, 2.24) is 20.2 Å². The minimum atomic E-state index is 0.660. The topological polar surface area (TPSA) is 74.1 Å². The lowest BCUT2D eigenvalue weighted by atomic mass is 10.2. The highest BCUT2D eigenvalue weighted by molar-refractivity contribution is 9.10. The molecule has 1 aliphatic rings. The number of ether oxygens (including phenoxy) is 2. The van der Waals surface area contributed by atoms with Crippen molar-refractivity contribution in [2.75, 3.05) is 18.5 Å². The molecule has 8 heteroatoms. The van der Waals surface area contributed by atoms with E-state index in [1.165, 1.54) is 0 Å². The van der Waals surface area contributed by atoms with Crippen molar-refractivity contribution in [2.45, 2.75) is 19.9 Å². The average molecular weight is 416 g/mol. The number of halogens is 1. The lowest BCUT2D eigenvalue weighted by Gasteiger charge is -2.13. The largest absolute Gasteiger partial charge is 0.490 e. The molecule has 2 heterocycles. The van der Waals surface area contributed by atoms with Gasteiger partial charge < -0.3 is 14.8 Å². The first-order chi connectivity index (χ1) is 12.7. The van der Waals surface area contributed by atoms with Crippen molar-refractivity contribution in [1.29, 1.82) is 0 Å². The van der Waals surface area contributed by atoms with Gasteiger partial charge >= 0.3 is 0 Å². The Bertz CT molecular complexity index is 928. The van der Waals surface area contributed by atoms with Crippen LogP contribution in [0.1, 0.15) is 17.8 Å². The highest BCUT2D eigenvalue weighted by Crippen LogP contribution is 2.38. The Morgan fingerprint density at radius 2 is 2.08 bits per heavy atom. The Morgan fingerprint density at radius 1 is 1.19 bits per heavy atom. The molecule has 0 atom stereocenters. The Hall–Kier alpha value is -2.61. The first-order valence-corrected chi connectivity index (χ1v) is 9.17. The fourth-order valence-corrected chi connectivity index (χ4v) is 3.41. The summed E-state index contributed by atoms with van der Waals surface area (Å²) < 4.78 is 14.2. The van der Waals surface area contributed by atoms with Crippen LogP contribution in [-0.2, 0) is 6.54 Å². The van der Waals surface area contributed by atoms with E-state index in [2.05, 4.69) is 42.8 Å².